The monoisotopic (exact) mass is 256 g/mol. The van der Waals surface area contributed by atoms with Gasteiger partial charge in [-0.3, -0.25) is 0 Å². The fourth-order valence-corrected chi connectivity index (χ4v) is 2.28. The first-order valence-corrected chi connectivity index (χ1v) is 7.02. The molecule has 1 rings (SSSR count). The predicted octanol–water partition coefficient (Wildman–Crippen LogP) is 2.27. The second-order valence-electron chi connectivity index (χ2n) is 6.50. The van der Waals surface area contributed by atoms with Crippen LogP contribution < -0.4 is 10.6 Å². The second-order valence-corrected chi connectivity index (χ2v) is 6.50. The van der Waals surface area contributed by atoms with Gasteiger partial charge in [-0.05, 0) is 43.9 Å². The first-order chi connectivity index (χ1) is 8.34. The summed E-state index contributed by atoms with van der Waals surface area (Å²) in [6.07, 6.45) is 4.45. The van der Waals surface area contributed by atoms with E-state index in [1.54, 1.807) is 0 Å². The predicted molar refractivity (Wildman–Crippen MR) is 73.4 cm³/mol. The van der Waals surface area contributed by atoms with Gasteiger partial charge in [0.1, 0.15) is 0 Å². The smallest absolute Gasteiger partial charge is 0.315 e. The van der Waals surface area contributed by atoms with Crippen molar-refractivity contribution < 1.29 is 9.90 Å². The van der Waals surface area contributed by atoms with Crippen LogP contribution in [-0.4, -0.2) is 29.8 Å². The molecule has 0 bridgehead atoms. The molecule has 18 heavy (non-hydrogen) atoms. The van der Waals surface area contributed by atoms with Crippen molar-refractivity contribution >= 4 is 6.03 Å². The van der Waals surface area contributed by atoms with E-state index in [2.05, 4.69) is 24.5 Å². The van der Waals surface area contributed by atoms with Gasteiger partial charge < -0.3 is 15.7 Å². The van der Waals surface area contributed by atoms with Crippen LogP contribution >= 0.6 is 0 Å². The summed E-state index contributed by atoms with van der Waals surface area (Å²) >= 11 is 0. The number of hydrogen-bond acceptors (Lipinski definition) is 2. The van der Waals surface area contributed by atoms with E-state index < -0.39 is 0 Å². The van der Waals surface area contributed by atoms with Crippen LogP contribution in [0.2, 0.25) is 0 Å². The van der Waals surface area contributed by atoms with Crippen molar-refractivity contribution in [3.63, 3.8) is 0 Å². The quantitative estimate of drug-likeness (QED) is 0.722. The molecule has 1 saturated carbocycles. The normalized spacial score (nSPS) is 23.2. The van der Waals surface area contributed by atoms with Gasteiger partial charge >= 0.3 is 6.03 Å². The van der Waals surface area contributed by atoms with Gasteiger partial charge in [0.25, 0.3) is 0 Å². The highest BCUT2D eigenvalue weighted by molar-refractivity contribution is 5.74. The molecule has 2 atom stereocenters. The Hall–Kier alpha value is -0.770. The van der Waals surface area contributed by atoms with Crippen LogP contribution in [0.3, 0.4) is 0 Å². The summed E-state index contributed by atoms with van der Waals surface area (Å²) in [5, 5.41) is 14.9. The van der Waals surface area contributed by atoms with Crippen LogP contribution in [-0.2, 0) is 0 Å². The number of amides is 2. The first-order valence-electron chi connectivity index (χ1n) is 7.02. The summed E-state index contributed by atoms with van der Waals surface area (Å²) in [6.45, 7) is 8.51. The molecule has 0 saturated heterocycles. The molecule has 2 amide bonds. The van der Waals surface area contributed by atoms with E-state index in [0.717, 1.165) is 12.8 Å². The molecule has 2 unspecified atom stereocenters. The highest BCUT2D eigenvalue weighted by Gasteiger charge is 2.27. The molecule has 4 nitrogen and oxygen atoms in total. The molecular formula is C14H28N2O2. The molecule has 0 aromatic heterocycles. The topological polar surface area (TPSA) is 61.4 Å². The van der Waals surface area contributed by atoms with Crippen LogP contribution in [0, 0.1) is 11.3 Å². The van der Waals surface area contributed by atoms with Crippen molar-refractivity contribution in [3.05, 3.63) is 0 Å². The Bertz CT molecular complexity index is 269. The van der Waals surface area contributed by atoms with Crippen molar-refractivity contribution in [2.24, 2.45) is 11.3 Å². The van der Waals surface area contributed by atoms with E-state index in [-0.39, 0.29) is 24.6 Å². The number of rotatable bonds is 4. The van der Waals surface area contributed by atoms with Gasteiger partial charge in [0.2, 0.25) is 0 Å². The Morgan fingerprint density at radius 1 is 1.33 bits per heavy atom. The molecular weight excluding hydrogens is 228 g/mol. The van der Waals surface area contributed by atoms with Gasteiger partial charge in [-0.2, -0.15) is 0 Å². The lowest BCUT2D eigenvalue weighted by molar-refractivity contribution is 0.185. The molecule has 0 aliphatic heterocycles. The Balaban J connectivity index is 2.29. The third kappa shape index (κ3) is 4.84. The standard InChI is InChI=1S/C14H28N2O2/c1-10(9-17)11(2)15-13(18)16-12-5-7-14(3,4)8-6-12/h10-12,17H,5-9H2,1-4H3,(H2,15,16,18). The second kappa shape index (κ2) is 6.41. The van der Waals surface area contributed by atoms with Crippen LogP contribution in [0.4, 0.5) is 4.79 Å². The molecule has 0 spiro atoms. The molecule has 1 aliphatic carbocycles. The summed E-state index contributed by atoms with van der Waals surface area (Å²) in [7, 11) is 0. The molecule has 106 valence electrons. The van der Waals surface area contributed by atoms with Gasteiger partial charge in [-0.25, -0.2) is 4.79 Å². The Morgan fingerprint density at radius 3 is 2.39 bits per heavy atom. The van der Waals surface area contributed by atoms with Crippen LogP contribution in [0.25, 0.3) is 0 Å². The Labute approximate surface area is 111 Å². The molecule has 3 N–H and O–H groups in total. The average Bonchev–Trinajstić information content (AvgIpc) is 2.30. The van der Waals surface area contributed by atoms with Crippen LogP contribution in [0.1, 0.15) is 53.4 Å². The maximum atomic E-state index is 11.8. The summed E-state index contributed by atoms with van der Waals surface area (Å²) in [4.78, 5) is 11.8. The first kappa shape index (κ1) is 15.3. The van der Waals surface area contributed by atoms with Gasteiger partial charge in [0.05, 0.1) is 0 Å². The molecule has 1 aliphatic rings. The van der Waals surface area contributed by atoms with E-state index in [0.29, 0.717) is 11.5 Å². The van der Waals surface area contributed by atoms with E-state index in [4.69, 9.17) is 5.11 Å². The van der Waals surface area contributed by atoms with E-state index in [1.807, 2.05) is 13.8 Å². The minimum atomic E-state index is -0.104. The molecule has 0 heterocycles. The molecule has 0 aromatic rings. The van der Waals surface area contributed by atoms with Crippen molar-refractivity contribution in [1.29, 1.82) is 0 Å². The highest BCUT2D eigenvalue weighted by atomic mass is 16.3. The number of carbonyl (C=O) groups excluding carboxylic acids is 1. The minimum Gasteiger partial charge on any atom is -0.396 e. The van der Waals surface area contributed by atoms with Crippen molar-refractivity contribution in [2.45, 2.75) is 65.5 Å². The minimum absolute atomic E-state index is 0.00460. The van der Waals surface area contributed by atoms with Crippen molar-refractivity contribution in [2.75, 3.05) is 6.61 Å². The zero-order chi connectivity index (χ0) is 13.8. The highest BCUT2D eigenvalue weighted by Crippen LogP contribution is 2.34. The fourth-order valence-electron chi connectivity index (χ4n) is 2.28. The maximum absolute atomic E-state index is 11.8. The van der Waals surface area contributed by atoms with E-state index in [1.165, 1.54) is 12.8 Å². The molecule has 0 aromatic carbocycles. The number of aliphatic hydroxyl groups excluding tert-OH is 1. The third-order valence-electron chi connectivity index (χ3n) is 4.17. The zero-order valence-corrected chi connectivity index (χ0v) is 12.1. The Kier molecular flexibility index (Phi) is 5.45. The fraction of sp³-hybridized carbons (Fsp3) is 0.929. The van der Waals surface area contributed by atoms with Crippen LogP contribution in [0.5, 0.6) is 0 Å². The number of carbonyl (C=O) groups is 1. The molecule has 4 heteroatoms. The summed E-state index contributed by atoms with van der Waals surface area (Å²) < 4.78 is 0. The van der Waals surface area contributed by atoms with Crippen molar-refractivity contribution in [3.8, 4) is 0 Å². The summed E-state index contributed by atoms with van der Waals surface area (Å²) in [6, 6.07) is 0.192. The summed E-state index contributed by atoms with van der Waals surface area (Å²) in [5.41, 5.74) is 0.424. The number of aliphatic hydroxyl groups is 1. The van der Waals surface area contributed by atoms with Crippen LogP contribution in [0.15, 0.2) is 0 Å². The number of hydrogen-bond donors (Lipinski definition) is 3. The molecule has 0 radical (unpaired) electrons. The van der Waals surface area contributed by atoms with E-state index >= 15 is 0 Å². The average molecular weight is 256 g/mol. The third-order valence-corrected chi connectivity index (χ3v) is 4.17. The van der Waals surface area contributed by atoms with Crippen molar-refractivity contribution in [1.82, 2.24) is 10.6 Å². The van der Waals surface area contributed by atoms with Gasteiger partial charge in [-0.1, -0.05) is 20.8 Å². The lowest BCUT2D eigenvalue weighted by atomic mass is 9.76. The van der Waals surface area contributed by atoms with Gasteiger partial charge in [0, 0.05) is 18.7 Å². The number of urea groups is 1. The molecule has 1 fully saturated rings. The largest absolute Gasteiger partial charge is 0.396 e. The van der Waals surface area contributed by atoms with E-state index in [9.17, 15) is 4.79 Å². The van der Waals surface area contributed by atoms with Gasteiger partial charge in [0.15, 0.2) is 0 Å². The lowest BCUT2D eigenvalue weighted by Crippen LogP contribution is -2.48. The number of nitrogens with one attached hydrogen (secondary N) is 2. The summed E-state index contributed by atoms with van der Waals surface area (Å²) in [5.74, 6) is 0.0843. The Morgan fingerprint density at radius 2 is 1.89 bits per heavy atom. The zero-order valence-electron chi connectivity index (χ0n) is 12.1. The SMILES string of the molecule is CC(CO)C(C)NC(=O)NC1CCC(C)(C)CC1. The lowest BCUT2D eigenvalue weighted by Gasteiger charge is -2.34. The maximum Gasteiger partial charge on any atom is 0.315 e. The van der Waals surface area contributed by atoms with Gasteiger partial charge in [-0.15, -0.1) is 0 Å².